The number of aromatic nitrogens is 3. The molecule has 5 heteroatoms. The molecular weight excluding hydrogens is 408 g/mol. The molecule has 5 rings (SSSR count). The molecule has 3 heterocycles. The molecule has 0 radical (unpaired) electrons. The van der Waals surface area contributed by atoms with Gasteiger partial charge >= 0.3 is 0 Å². The number of fused-ring (bicyclic) bond motifs is 3. The maximum Gasteiger partial charge on any atom is 0.227 e. The van der Waals surface area contributed by atoms with Gasteiger partial charge in [-0.05, 0) is 89.6 Å². The molecule has 1 fully saturated rings. The van der Waals surface area contributed by atoms with Crippen molar-refractivity contribution in [3.05, 3.63) is 58.9 Å². The second-order valence-electron chi connectivity index (χ2n) is 9.58. The summed E-state index contributed by atoms with van der Waals surface area (Å²) in [5.74, 6) is 2.21. The molecule has 1 aliphatic heterocycles. The lowest BCUT2D eigenvalue weighted by Gasteiger charge is -2.22. The number of hydrogen-bond acceptors (Lipinski definition) is 4. The summed E-state index contributed by atoms with van der Waals surface area (Å²) in [6, 6.07) is 13.0. The molecule has 1 saturated heterocycles. The molecule has 2 aromatic carbocycles. The van der Waals surface area contributed by atoms with E-state index in [1.807, 2.05) is 6.92 Å². The van der Waals surface area contributed by atoms with E-state index in [1.165, 1.54) is 41.6 Å². The van der Waals surface area contributed by atoms with Crippen molar-refractivity contribution in [3.63, 3.8) is 0 Å². The van der Waals surface area contributed by atoms with E-state index in [0.717, 1.165) is 53.2 Å². The average Bonchev–Trinajstić information content (AvgIpc) is 3.11. The van der Waals surface area contributed by atoms with Gasteiger partial charge in [0.05, 0.1) is 23.2 Å². The summed E-state index contributed by atoms with van der Waals surface area (Å²) in [5.41, 5.74) is 7.02. The number of nitrogens with one attached hydrogen (secondary N) is 1. The number of rotatable bonds is 6. The van der Waals surface area contributed by atoms with Crippen LogP contribution in [0, 0.1) is 33.6 Å². The first-order valence-corrected chi connectivity index (χ1v) is 12.2. The highest BCUT2D eigenvalue weighted by Crippen LogP contribution is 2.37. The molecule has 1 unspecified atom stereocenters. The predicted octanol–water partition coefficient (Wildman–Crippen LogP) is 5.97. The van der Waals surface area contributed by atoms with E-state index in [-0.39, 0.29) is 0 Å². The van der Waals surface area contributed by atoms with Crippen LogP contribution in [0.4, 0.5) is 0 Å². The maximum absolute atomic E-state index is 6.34. The van der Waals surface area contributed by atoms with Crippen LogP contribution >= 0.6 is 0 Å². The van der Waals surface area contributed by atoms with Crippen LogP contribution in [-0.4, -0.2) is 34.2 Å². The minimum absolute atomic E-state index is 0.685. The third-order valence-electron chi connectivity index (χ3n) is 6.85. The Kier molecular flexibility index (Phi) is 6.07. The van der Waals surface area contributed by atoms with Gasteiger partial charge < -0.3 is 10.1 Å². The topological polar surface area (TPSA) is 52.0 Å². The van der Waals surface area contributed by atoms with Crippen LogP contribution in [0.3, 0.4) is 0 Å². The lowest BCUT2D eigenvalue weighted by atomic mass is 9.95. The monoisotopic (exact) mass is 442 g/mol. The third kappa shape index (κ3) is 4.22. The lowest BCUT2D eigenvalue weighted by Crippen LogP contribution is -2.29. The highest BCUT2D eigenvalue weighted by atomic mass is 16.5. The molecule has 4 aromatic rings. The zero-order valence-electron chi connectivity index (χ0n) is 20.2. The minimum Gasteiger partial charge on any atom is -0.477 e. The Morgan fingerprint density at radius 1 is 1.06 bits per heavy atom. The molecule has 0 aliphatic carbocycles. The Morgan fingerprint density at radius 2 is 1.85 bits per heavy atom. The van der Waals surface area contributed by atoms with Crippen molar-refractivity contribution in [1.82, 2.24) is 19.9 Å². The number of benzene rings is 2. The zero-order chi connectivity index (χ0) is 22.9. The summed E-state index contributed by atoms with van der Waals surface area (Å²) in [5, 5.41) is 5.66. The largest absolute Gasteiger partial charge is 0.477 e. The molecule has 0 bridgehead atoms. The molecule has 172 valence electrons. The second kappa shape index (κ2) is 9.14. The summed E-state index contributed by atoms with van der Waals surface area (Å²) in [6.45, 7) is 11.5. The van der Waals surface area contributed by atoms with Crippen molar-refractivity contribution in [2.75, 3.05) is 19.7 Å². The van der Waals surface area contributed by atoms with Crippen LogP contribution in [0.1, 0.15) is 48.2 Å². The molecule has 0 spiro atoms. The minimum atomic E-state index is 0.685. The van der Waals surface area contributed by atoms with Gasteiger partial charge in [-0.1, -0.05) is 35.9 Å². The fraction of sp³-hybridized carbons (Fsp3) is 0.429. The van der Waals surface area contributed by atoms with Gasteiger partial charge in [-0.15, -0.1) is 0 Å². The lowest BCUT2D eigenvalue weighted by molar-refractivity contribution is 0.270. The number of ether oxygens (including phenoxy) is 1. The standard InChI is InChI=1S/C28H34N4O/c1-18-15-19(2)26(20(3)16-18)32-24-12-6-5-11-23(24)25-27(32)30-21(4)31-28(25)33-14-8-10-22-9-7-13-29-17-22/h5-6,11-12,15-16,22,29H,7-10,13-14,17H2,1-4H3. The molecule has 5 nitrogen and oxygen atoms in total. The average molecular weight is 443 g/mol. The van der Waals surface area contributed by atoms with E-state index in [9.17, 15) is 0 Å². The molecule has 1 aliphatic rings. The molecule has 1 atom stereocenters. The van der Waals surface area contributed by atoms with Crippen molar-refractivity contribution in [2.45, 2.75) is 53.4 Å². The van der Waals surface area contributed by atoms with Crippen molar-refractivity contribution in [3.8, 4) is 11.6 Å². The Labute approximate surface area is 196 Å². The smallest absolute Gasteiger partial charge is 0.227 e. The van der Waals surface area contributed by atoms with E-state index in [0.29, 0.717) is 12.5 Å². The molecule has 0 amide bonds. The van der Waals surface area contributed by atoms with Crippen molar-refractivity contribution < 1.29 is 4.74 Å². The number of piperidine rings is 1. The van der Waals surface area contributed by atoms with Gasteiger partial charge in [-0.25, -0.2) is 4.98 Å². The highest BCUT2D eigenvalue weighted by Gasteiger charge is 2.21. The van der Waals surface area contributed by atoms with Crippen LogP contribution in [0.5, 0.6) is 5.88 Å². The number of nitrogens with zero attached hydrogens (tertiary/aromatic N) is 3. The first-order valence-electron chi connectivity index (χ1n) is 12.2. The zero-order valence-corrected chi connectivity index (χ0v) is 20.2. The number of hydrogen-bond donors (Lipinski definition) is 1. The van der Waals surface area contributed by atoms with Crippen molar-refractivity contribution in [1.29, 1.82) is 0 Å². The van der Waals surface area contributed by atoms with Crippen LogP contribution < -0.4 is 10.1 Å². The fourth-order valence-corrected chi connectivity index (χ4v) is 5.49. The van der Waals surface area contributed by atoms with Gasteiger partial charge in [0.15, 0.2) is 5.65 Å². The first-order chi connectivity index (χ1) is 16.0. The number of para-hydroxylation sites is 1. The van der Waals surface area contributed by atoms with Crippen molar-refractivity contribution >= 4 is 21.9 Å². The maximum atomic E-state index is 6.34. The van der Waals surface area contributed by atoms with Gasteiger partial charge in [0.25, 0.3) is 0 Å². The Balaban J connectivity index is 1.56. The normalized spacial score (nSPS) is 16.5. The molecular formula is C28H34N4O. The van der Waals surface area contributed by atoms with E-state index in [4.69, 9.17) is 14.7 Å². The van der Waals surface area contributed by atoms with Crippen molar-refractivity contribution in [2.24, 2.45) is 5.92 Å². The summed E-state index contributed by atoms with van der Waals surface area (Å²) < 4.78 is 8.64. The van der Waals surface area contributed by atoms with Crippen LogP contribution in [0.2, 0.25) is 0 Å². The van der Waals surface area contributed by atoms with Gasteiger partial charge in [-0.2, -0.15) is 4.98 Å². The van der Waals surface area contributed by atoms with Crippen LogP contribution in [-0.2, 0) is 0 Å². The van der Waals surface area contributed by atoms with E-state index >= 15 is 0 Å². The molecule has 0 saturated carbocycles. The highest BCUT2D eigenvalue weighted by molar-refractivity contribution is 6.10. The van der Waals surface area contributed by atoms with E-state index in [1.54, 1.807) is 0 Å². The molecule has 1 N–H and O–H groups in total. The van der Waals surface area contributed by atoms with E-state index in [2.05, 4.69) is 67.1 Å². The van der Waals surface area contributed by atoms with Gasteiger partial charge in [-0.3, -0.25) is 4.57 Å². The quantitative estimate of drug-likeness (QED) is 0.374. The summed E-state index contributed by atoms with van der Waals surface area (Å²) in [4.78, 5) is 9.66. The molecule has 33 heavy (non-hydrogen) atoms. The molecule has 2 aromatic heterocycles. The summed E-state index contributed by atoms with van der Waals surface area (Å²) >= 11 is 0. The van der Waals surface area contributed by atoms with E-state index < -0.39 is 0 Å². The van der Waals surface area contributed by atoms with Crippen LogP contribution in [0.25, 0.3) is 27.6 Å². The summed E-state index contributed by atoms with van der Waals surface area (Å²) in [7, 11) is 0. The summed E-state index contributed by atoms with van der Waals surface area (Å²) in [6.07, 6.45) is 4.86. The number of aryl methyl sites for hydroxylation is 4. The Hall–Kier alpha value is -2.92. The SMILES string of the molecule is Cc1cc(C)c(-n2c3ccccc3c3c(OCCCC4CCCNC4)nc(C)nc32)c(C)c1. The Morgan fingerprint density at radius 3 is 2.61 bits per heavy atom. The Bertz CT molecular complexity index is 1280. The second-order valence-corrected chi connectivity index (χ2v) is 9.58. The van der Waals surface area contributed by atoms with Gasteiger partial charge in [0.2, 0.25) is 5.88 Å². The predicted molar refractivity (Wildman–Crippen MR) is 136 cm³/mol. The first kappa shape index (κ1) is 21.9. The van der Waals surface area contributed by atoms with Gasteiger partial charge in [0.1, 0.15) is 5.82 Å². The third-order valence-corrected chi connectivity index (χ3v) is 6.85. The van der Waals surface area contributed by atoms with Gasteiger partial charge in [0, 0.05) is 5.39 Å². The van der Waals surface area contributed by atoms with Crippen LogP contribution in [0.15, 0.2) is 36.4 Å². The fourth-order valence-electron chi connectivity index (χ4n) is 5.49.